The third-order valence-electron chi connectivity index (χ3n) is 3.29. The van der Waals surface area contributed by atoms with Gasteiger partial charge in [-0.1, -0.05) is 54.6 Å². The average molecular weight is 294 g/mol. The van der Waals surface area contributed by atoms with Crippen molar-refractivity contribution in [3.63, 3.8) is 0 Å². The molecule has 0 radical (unpaired) electrons. The van der Waals surface area contributed by atoms with Gasteiger partial charge in [-0.3, -0.25) is 4.79 Å². The molecule has 1 heterocycles. The van der Waals surface area contributed by atoms with Crippen molar-refractivity contribution < 1.29 is 9.53 Å². The summed E-state index contributed by atoms with van der Waals surface area (Å²) in [5.74, 6) is 0.135. The number of hydrogen-bond acceptors (Lipinski definition) is 5. The molecule has 110 valence electrons. The molecule has 0 saturated carbocycles. The molecule has 0 spiro atoms. The van der Waals surface area contributed by atoms with Gasteiger partial charge in [0.05, 0.1) is 7.11 Å². The van der Waals surface area contributed by atoms with Crippen LogP contribution in [0.1, 0.15) is 0 Å². The van der Waals surface area contributed by atoms with Gasteiger partial charge in [-0.25, -0.2) is 4.68 Å². The molecule has 3 aromatic rings. The van der Waals surface area contributed by atoms with Gasteiger partial charge in [0.2, 0.25) is 0 Å². The van der Waals surface area contributed by atoms with Gasteiger partial charge in [-0.05, 0) is 21.6 Å². The second kappa shape index (κ2) is 6.17. The van der Waals surface area contributed by atoms with Crippen LogP contribution >= 0.6 is 0 Å². The standard InChI is InChI=1S/C16H14N4O2/c1-22-15(21)11-20-16(17-18-19-20)14-10-6-5-9-13(14)12-7-3-2-4-8-12/h2-10H,11H2,1H3. The second-order valence-electron chi connectivity index (χ2n) is 4.65. The van der Waals surface area contributed by atoms with Gasteiger partial charge in [-0.2, -0.15) is 0 Å². The number of hydrogen-bond donors (Lipinski definition) is 0. The first-order valence-electron chi connectivity index (χ1n) is 6.77. The zero-order valence-electron chi connectivity index (χ0n) is 12.0. The predicted molar refractivity (Wildman–Crippen MR) is 80.7 cm³/mol. The van der Waals surface area contributed by atoms with Gasteiger partial charge in [0.25, 0.3) is 0 Å². The Bertz CT molecular complexity index is 784. The van der Waals surface area contributed by atoms with E-state index in [0.717, 1.165) is 16.7 Å². The number of rotatable bonds is 4. The number of benzene rings is 2. The Morgan fingerprint density at radius 1 is 1.05 bits per heavy atom. The Kier molecular flexibility index (Phi) is 3.91. The van der Waals surface area contributed by atoms with Crippen molar-refractivity contribution in [2.24, 2.45) is 0 Å². The lowest BCUT2D eigenvalue weighted by Gasteiger charge is -2.09. The van der Waals surface area contributed by atoms with Crippen molar-refractivity contribution in [1.29, 1.82) is 0 Å². The maximum absolute atomic E-state index is 11.5. The van der Waals surface area contributed by atoms with Gasteiger partial charge >= 0.3 is 5.97 Å². The van der Waals surface area contributed by atoms with Crippen LogP contribution in [0.15, 0.2) is 54.6 Å². The summed E-state index contributed by atoms with van der Waals surface area (Å²) in [6.07, 6.45) is 0. The molecule has 0 bridgehead atoms. The molecule has 0 unspecified atom stereocenters. The monoisotopic (exact) mass is 294 g/mol. The van der Waals surface area contributed by atoms with Gasteiger partial charge < -0.3 is 4.74 Å². The molecule has 6 nitrogen and oxygen atoms in total. The largest absolute Gasteiger partial charge is 0.468 e. The number of aromatic nitrogens is 4. The first-order chi connectivity index (χ1) is 10.8. The predicted octanol–water partition coefficient (Wildman–Crippen LogP) is 2.18. The molecule has 3 rings (SSSR count). The molecule has 0 saturated heterocycles. The molecule has 0 N–H and O–H groups in total. The van der Waals surface area contributed by atoms with Crippen LogP contribution in [0.25, 0.3) is 22.5 Å². The molecule has 0 aliphatic carbocycles. The summed E-state index contributed by atoms with van der Waals surface area (Å²) < 4.78 is 6.11. The molecule has 1 aromatic heterocycles. The highest BCUT2D eigenvalue weighted by Crippen LogP contribution is 2.30. The maximum Gasteiger partial charge on any atom is 0.327 e. The van der Waals surface area contributed by atoms with E-state index in [-0.39, 0.29) is 6.54 Å². The molecule has 0 fully saturated rings. The zero-order valence-corrected chi connectivity index (χ0v) is 12.0. The van der Waals surface area contributed by atoms with E-state index in [9.17, 15) is 4.79 Å². The van der Waals surface area contributed by atoms with Gasteiger partial charge in [0.15, 0.2) is 5.82 Å². The molecule has 0 amide bonds. The van der Waals surface area contributed by atoms with Crippen LogP contribution in [-0.4, -0.2) is 33.3 Å². The minimum Gasteiger partial charge on any atom is -0.468 e. The molecule has 0 atom stereocenters. The lowest BCUT2D eigenvalue weighted by atomic mass is 9.99. The SMILES string of the molecule is COC(=O)Cn1nnnc1-c1ccccc1-c1ccccc1. The van der Waals surface area contributed by atoms with Crippen molar-refractivity contribution in [3.05, 3.63) is 54.6 Å². The molecule has 0 aliphatic heterocycles. The topological polar surface area (TPSA) is 69.9 Å². The molecule has 22 heavy (non-hydrogen) atoms. The van der Waals surface area contributed by atoms with E-state index in [1.54, 1.807) is 0 Å². The van der Waals surface area contributed by atoms with Crippen LogP contribution < -0.4 is 0 Å². The summed E-state index contributed by atoms with van der Waals surface area (Å²) in [4.78, 5) is 11.5. The summed E-state index contributed by atoms with van der Waals surface area (Å²) in [5, 5.41) is 11.6. The Morgan fingerprint density at radius 2 is 1.73 bits per heavy atom. The molecule has 2 aromatic carbocycles. The van der Waals surface area contributed by atoms with Crippen molar-refractivity contribution in [1.82, 2.24) is 20.2 Å². The lowest BCUT2D eigenvalue weighted by Crippen LogP contribution is -2.14. The highest BCUT2D eigenvalue weighted by atomic mass is 16.5. The van der Waals surface area contributed by atoms with Crippen LogP contribution in [0.4, 0.5) is 0 Å². The fourth-order valence-electron chi connectivity index (χ4n) is 2.24. The van der Waals surface area contributed by atoms with Crippen molar-refractivity contribution >= 4 is 5.97 Å². The van der Waals surface area contributed by atoms with Crippen molar-refractivity contribution in [3.8, 4) is 22.5 Å². The van der Waals surface area contributed by atoms with Crippen LogP contribution in [-0.2, 0) is 16.1 Å². The quantitative estimate of drug-likeness (QED) is 0.690. The minimum absolute atomic E-state index is 0.0258. The fraction of sp³-hybridized carbons (Fsp3) is 0.125. The average Bonchev–Trinajstić information content (AvgIpc) is 3.03. The highest BCUT2D eigenvalue weighted by molar-refractivity contribution is 5.81. The normalized spacial score (nSPS) is 10.4. The van der Waals surface area contributed by atoms with Crippen molar-refractivity contribution in [2.75, 3.05) is 7.11 Å². The number of esters is 1. The molecule has 0 aliphatic rings. The van der Waals surface area contributed by atoms with E-state index in [1.807, 2.05) is 54.6 Å². The van der Waals surface area contributed by atoms with Gasteiger partial charge in [0, 0.05) is 5.56 Å². The van der Waals surface area contributed by atoms with Gasteiger partial charge in [-0.15, -0.1) is 5.10 Å². The Morgan fingerprint density at radius 3 is 2.45 bits per heavy atom. The fourth-order valence-corrected chi connectivity index (χ4v) is 2.24. The van der Waals surface area contributed by atoms with E-state index in [2.05, 4.69) is 20.3 Å². The van der Waals surface area contributed by atoms with E-state index in [4.69, 9.17) is 0 Å². The third-order valence-corrected chi connectivity index (χ3v) is 3.29. The number of carbonyl (C=O) groups is 1. The summed E-state index contributed by atoms with van der Waals surface area (Å²) in [6.45, 7) is -0.0258. The number of tetrazole rings is 1. The summed E-state index contributed by atoms with van der Waals surface area (Å²) in [6, 6.07) is 17.8. The summed E-state index contributed by atoms with van der Waals surface area (Å²) in [7, 11) is 1.34. The summed E-state index contributed by atoms with van der Waals surface area (Å²) >= 11 is 0. The Hall–Kier alpha value is -3.02. The van der Waals surface area contributed by atoms with Crippen LogP contribution in [0.2, 0.25) is 0 Å². The minimum atomic E-state index is -0.397. The van der Waals surface area contributed by atoms with E-state index < -0.39 is 5.97 Å². The van der Waals surface area contributed by atoms with Crippen LogP contribution in [0, 0.1) is 0 Å². The van der Waals surface area contributed by atoms with Crippen LogP contribution in [0.3, 0.4) is 0 Å². The maximum atomic E-state index is 11.5. The smallest absolute Gasteiger partial charge is 0.327 e. The van der Waals surface area contributed by atoms with Crippen molar-refractivity contribution in [2.45, 2.75) is 6.54 Å². The van der Waals surface area contributed by atoms with Crippen LogP contribution in [0.5, 0.6) is 0 Å². The van der Waals surface area contributed by atoms with E-state index in [1.165, 1.54) is 11.8 Å². The number of methoxy groups -OCH3 is 1. The molecular weight excluding hydrogens is 280 g/mol. The van der Waals surface area contributed by atoms with Gasteiger partial charge in [0.1, 0.15) is 6.54 Å². The first kappa shape index (κ1) is 13.9. The zero-order chi connectivity index (χ0) is 15.4. The Balaban J connectivity index is 2.07. The highest BCUT2D eigenvalue weighted by Gasteiger charge is 2.16. The molecular formula is C16H14N4O2. The van der Waals surface area contributed by atoms with E-state index in [0.29, 0.717) is 5.82 Å². The molecule has 6 heteroatoms. The second-order valence-corrected chi connectivity index (χ2v) is 4.65. The Labute approximate surface area is 127 Å². The number of nitrogens with zero attached hydrogens (tertiary/aromatic N) is 4. The number of ether oxygens (including phenoxy) is 1. The van der Waals surface area contributed by atoms with E-state index >= 15 is 0 Å². The summed E-state index contributed by atoms with van der Waals surface area (Å²) in [5.41, 5.74) is 2.93. The first-order valence-corrected chi connectivity index (χ1v) is 6.77. The third kappa shape index (κ3) is 2.71. The lowest BCUT2D eigenvalue weighted by molar-refractivity contribution is -0.141. The number of carbonyl (C=O) groups excluding carboxylic acids is 1.